The Bertz CT molecular complexity index is 852. The minimum atomic E-state index is -0.638. The number of carbonyl (C=O) groups excluding carboxylic acids is 2. The zero-order valence-electron chi connectivity index (χ0n) is 15.9. The van der Waals surface area contributed by atoms with E-state index >= 15 is 0 Å². The van der Waals surface area contributed by atoms with Crippen LogP contribution in [0.3, 0.4) is 0 Å². The Morgan fingerprint density at radius 3 is 2.66 bits per heavy atom. The number of benzene rings is 1. The fourth-order valence-corrected chi connectivity index (χ4v) is 4.04. The molecular weight excluding hydrogens is 394 g/mol. The Labute approximate surface area is 172 Å². The summed E-state index contributed by atoms with van der Waals surface area (Å²) in [6, 6.07) is 9.51. The second-order valence-electron chi connectivity index (χ2n) is 6.75. The van der Waals surface area contributed by atoms with Gasteiger partial charge in [0.2, 0.25) is 6.79 Å². The van der Waals surface area contributed by atoms with Gasteiger partial charge in [0.05, 0.1) is 25.8 Å². The zero-order valence-corrected chi connectivity index (χ0v) is 16.7. The van der Waals surface area contributed by atoms with Crippen LogP contribution >= 0.6 is 11.3 Å². The number of amides is 2. The maximum Gasteiger partial charge on any atom is 0.309 e. The predicted molar refractivity (Wildman–Crippen MR) is 107 cm³/mol. The molecule has 0 saturated carbocycles. The monoisotopic (exact) mass is 417 g/mol. The highest BCUT2D eigenvalue weighted by atomic mass is 32.1. The van der Waals surface area contributed by atoms with Crippen molar-refractivity contribution in [2.24, 2.45) is 0 Å². The first kappa shape index (κ1) is 19.7. The first-order valence-corrected chi connectivity index (χ1v) is 10.4. The molecular formula is C20H23N3O5S. The van der Waals surface area contributed by atoms with Crippen molar-refractivity contribution in [1.29, 1.82) is 0 Å². The summed E-state index contributed by atoms with van der Waals surface area (Å²) in [4.78, 5) is 27.7. The third-order valence-corrected chi connectivity index (χ3v) is 5.81. The van der Waals surface area contributed by atoms with Gasteiger partial charge in [0.1, 0.15) is 0 Å². The number of nitrogens with zero attached hydrogens (tertiary/aromatic N) is 1. The number of rotatable bonds is 6. The number of morpholine rings is 1. The van der Waals surface area contributed by atoms with Crippen LogP contribution in [0.15, 0.2) is 35.7 Å². The summed E-state index contributed by atoms with van der Waals surface area (Å²) in [5.41, 5.74) is 0.996. The van der Waals surface area contributed by atoms with Gasteiger partial charge in [-0.15, -0.1) is 11.3 Å². The lowest BCUT2D eigenvalue weighted by Gasteiger charge is -2.34. The summed E-state index contributed by atoms with van der Waals surface area (Å²) in [6.07, 6.45) is 0. The lowest BCUT2D eigenvalue weighted by atomic mass is 10.0. The van der Waals surface area contributed by atoms with Crippen LogP contribution in [0, 0.1) is 0 Å². The number of fused-ring (bicyclic) bond motifs is 1. The van der Waals surface area contributed by atoms with Crippen LogP contribution in [-0.4, -0.2) is 56.4 Å². The number of ether oxygens (including phenoxy) is 3. The lowest BCUT2D eigenvalue weighted by molar-refractivity contribution is -0.139. The Hall–Kier alpha value is -2.62. The normalized spacial score (nSPS) is 17.0. The van der Waals surface area contributed by atoms with Crippen molar-refractivity contribution in [2.45, 2.75) is 12.6 Å². The van der Waals surface area contributed by atoms with E-state index in [1.165, 1.54) is 11.3 Å². The average molecular weight is 417 g/mol. The molecule has 2 aliphatic heterocycles. The van der Waals surface area contributed by atoms with Gasteiger partial charge in [-0.3, -0.25) is 14.5 Å². The Morgan fingerprint density at radius 2 is 1.86 bits per heavy atom. The van der Waals surface area contributed by atoms with Crippen LogP contribution in [0.1, 0.15) is 16.5 Å². The maximum absolute atomic E-state index is 12.3. The van der Waals surface area contributed by atoms with E-state index in [2.05, 4.69) is 15.5 Å². The zero-order chi connectivity index (χ0) is 20.1. The molecule has 29 heavy (non-hydrogen) atoms. The molecule has 0 aliphatic carbocycles. The minimum absolute atomic E-state index is 0.0950. The molecule has 154 valence electrons. The predicted octanol–water partition coefficient (Wildman–Crippen LogP) is 1.28. The molecule has 0 bridgehead atoms. The van der Waals surface area contributed by atoms with Gasteiger partial charge in [-0.05, 0) is 29.1 Å². The highest BCUT2D eigenvalue weighted by Crippen LogP contribution is 2.35. The minimum Gasteiger partial charge on any atom is -0.454 e. The summed E-state index contributed by atoms with van der Waals surface area (Å²) in [7, 11) is 0. The van der Waals surface area contributed by atoms with Crippen molar-refractivity contribution in [2.75, 3.05) is 39.6 Å². The fraction of sp³-hybridized carbons (Fsp3) is 0.400. The molecule has 0 spiro atoms. The van der Waals surface area contributed by atoms with Gasteiger partial charge in [-0.25, -0.2) is 0 Å². The summed E-state index contributed by atoms with van der Waals surface area (Å²) in [6.45, 7) is 3.64. The van der Waals surface area contributed by atoms with E-state index in [1.807, 2.05) is 35.7 Å². The third-order valence-electron chi connectivity index (χ3n) is 4.93. The Kier molecular flexibility index (Phi) is 6.28. The van der Waals surface area contributed by atoms with E-state index < -0.39 is 11.8 Å². The molecule has 2 aliphatic rings. The third kappa shape index (κ3) is 4.87. The van der Waals surface area contributed by atoms with Gasteiger partial charge >= 0.3 is 11.8 Å². The van der Waals surface area contributed by atoms with Crippen molar-refractivity contribution in [1.82, 2.24) is 15.5 Å². The second kappa shape index (κ2) is 9.25. The van der Waals surface area contributed by atoms with Crippen LogP contribution in [0.25, 0.3) is 0 Å². The quantitative estimate of drug-likeness (QED) is 0.689. The van der Waals surface area contributed by atoms with E-state index in [0.717, 1.165) is 23.5 Å². The van der Waals surface area contributed by atoms with E-state index in [-0.39, 0.29) is 12.8 Å². The largest absolute Gasteiger partial charge is 0.454 e. The number of nitrogens with one attached hydrogen (secondary N) is 2. The van der Waals surface area contributed by atoms with Crippen molar-refractivity contribution in [3.63, 3.8) is 0 Å². The fourth-order valence-electron chi connectivity index (χ4n) is 3.40. The molecule has 1 aromatic heterocycles. The highest BCUT2D eigenvalue weighted by Gasteiger charge is 2.26. The first-order chi connectivity index (χ1) is 14.2. The van der Waals surface area contributed by atoms with Gasteiger partial charge in [-0.1, -0.05) is 12.1 Å². The van der Waals surface area contributed by atoms with Crippen LogP contribution in [0.2, 0.25) is 0 Å². The van der Waals surface area contributed by atoms with E-state index in [9.17, 15) is 9.59 Å². The van der Waals surface area contributed by atoms with Gasteiger partial charge in [0.15, 0.2) is 11.5 Å². The molecule has 1 atom stereocenters. The molecule has 1 fully saturated rings. The molecule has 1 aromatic carbocycles. The van der Waals surface area contributed by atoms with Crippen LogP contribution in [-0.2, 0) is 20.9 Å². The topological polar surface area (TPSA) is 89.1 Å². The van der Waals surface area contributed by atoms with Crippen molar-refractivity contribution >= 4 is 23.2 Å². The number of carbonyl (C=O) groups is 2. The molecule has 2 aromatic rings. The number of hydrogen-bond acceptors (Lipinski definition) is 7. The number of hydrogen-bond donors (Lipinski definition) is 2. The van der Waals surface area contributed by atoms with Gasteiger partial charge in [-0.2, -0.15) is 0 Å². The maximum atomic E-state index is 12.3. The van der Waals surface area contributed by atoms with Crippen molar-refractivity contribution in [3.05, 3.63) is 46.2 Å². The Balaban J connectivity index is 1.40. The average Bonchev–Trinajstić information content (AvgIpc) is 3.44. The van der Waals surface area contributed by atoms with E-state index in [0.29, 0.717) is 37.8 Å². The van der Waals surface area contributed by atoms with Crippen molar-refractivity contribution < 1.29 is 23.8 Å². The molecule has 1 saturated heterocycles. The molecule has 2 N–H and O–H groups in total. The standard InChI is InChI=1S/C20H23N3O5S/c24-19(21-11-15-2-1-9-29-15)20(25)22-12-16(23-5-7-26-8-6-23)14-3-4-17-18(10-14)28-13-27-17/h1-4,9-10,16H,5-8,11-13H2,(H,21,24)(H,22,25)/t16-/m0/s1. The molecule has 9 heteroatoms. The van der Waals surface area contributed by atoms with Crippen molar-refractivity contribution in [3.8, 4) is 11.5 Å². The second-order valence-corrected chi connectivity index (χ2v) is 7.78. The van der Waals surface area contributed by atoms with E-state index in [4.69, 9.17) is 14.2 Å². The smallest absolute Gasteiger partial charge is 0.309 e. The highest BCUT2D eigenvalue weighted by molar-refractivity contribution is 7.09. The first-order valence-electron chi connectivity index (χ1n) is 9.50. The van der Waals surface area contributed by atoms with Crippen LogP contribution < -0.4 is 20.1 Å². The molecule has 2 amide bonds. The summed E-state index contributed by atoms with van der Waals surface area (Å²) in [5.74, 6) is 0.137. The van der Waals surface area contributed by atoms with Gasteiger partial charge in [0, 0.05) is 24.5 Å². The van der Waals surface area contributed by atoms with Gasteiger partial charge < -0.3 is 24.8 Å². The summed E-state index contributed by atoms with van der Waals surface area (Å²) in [5, 5.41) is 7.36. The number of thiophene rings is 1. The van der Waals surface area contributed by atoms with Crippen LogP contribution in [0.4, 0.5) is 0 Å². The molecule has 0 radical (unpaired) electrons. The molecule has 3 heterocycles. The lowest BCUT2D eigenvalue weighted by Crippen LogP contribution is -2.46. The molecule has 8 nitrogen and oxygen atoms in total. The molecule has 0 unspecified atom stereocenters. The SMILES string of the molecule is O=C(NCc1cccs1)C(=O)NC[C@@H](c1ccc2c(c1)OCO2)N1CCOCC1. The summed E-state index contributed by atoms with van der Waals surface area (Å²) < 4.78 is 16.3. The van der Waals surface area contributed by atoms with Crippen LogP contribution in [0.5, 0.6) is 11.5 Å². The van der Waals surface area contributed by atoms with Gasteiger partial charge in [0.25, 0.3) is 0 Å². The van der Waals surface area contributed by atoms with E-state index in [1.54, 1.807) is 0 Å². The Morgan fingerprint density at radius 1 is 1.07 bits per heavy atom. The molecule has 4 rings (SSSR count). The summed E-state index contributed by atoms with van der Waals surface area (Å²) >= 11 is 1.53.